The summed E-state index contributed by atoms with van der Waals surface area (Å²) in [5.41, 5.74) is 0.597. The highest BCUT2D eigenvalue weighted by Crippen LogP contribution is 2.25. The lowest BCUT2D eigenvalue weighted by Gasteiger charge is -2.28. The van der Waals surface area contributed by atoms with Gasteiger partial charge in [0.25, 0.3) is 5.91 Å². The Morgan fingerprint density at radius 3 is 2.67 bits per heavy atom. The topological polar surface area (TPSA) is 29.1 Å². The van der Waals surface area contributed by atoms with Crippen LogP contribution in [0.4, 0.5) is 0 Å². The fourth-order valence-corrected chi connectivity index (χ4v) is 3.77. The van der Waals surface area contributed by atoms with E-state index in [0.717, 1.165) is 17.3 Å². The molecule has 0 aliphatic heterocycles. The van der Waals surface area contributed by atoms with Crippen molar-refractivity contribution in [3.8, 4) is 0 Å². The molecule has 1 N–H and O–H groups in total. The smallest absolute Gasteiger partial charge is 0.251 e. The number of carbonyl (C=O) groups excluding carboxylic acids is 1. The molecule has 0 heterocycles. The molecule has 18 heavy (non-hydrogen) atoms. The maximum atomic E-state index is 12.2. The van der Waals surface area contributed by atoms with E-state index in [2.05, 4.69) is 37.2 Å². The number of nitrogens with one attached hydrogen (secondary N) is 1. The molecule has 1 amide bonds. The second-order valence-electron chi connectivity index (χ2n) is 4.54. The third-order valence-corrected chi connectivity index (χ3v) is 4.89. The van der Waals surface area contributed by atoms with E-state index in [1.807, 2.05) is 0 Å². The van der Waals surface area contributed by atoms with Gasteiger partial charge in [-0.15, -0.1) is 0 Å². The molecule has 98 valence electrons. The van der Waals surface area contributed by atoms with Gasteiger partial charge >= 0.3 is 0 Å². The first-order valence-electron chi connectivity index (χ1n) is 5.97. The van der Waals surface area contributed by atoms with Crippen LogP contribution in [-0.2, 0) is 0 Å². The molecule has 0 spiro atoms. The Hall–Kier alpha value is -0.0600. The molecule has 1 aliphatic rings. The monoisotopic (exact) mass is 393 g/mol. The molecule has 1 aromatic rings. The van der Waals surface area contributed by atoms with E-state index in [1.54, 1.807) is 18.2 Å². The van der Waals surface area contributed by atoms with Crippen LogP contribution in [0.25, 0.3) is 0 Å². The summed E-state index contributed by atoms with van der Waals surface area (Å²) >= 11 is 12.9. The van der Waals surface area contributed by atoms with Crippen LogP contribution in [0.2, 0.25) is 5.02 Å². The van der Waals surface area contributed by atoms with Crippen molar-refractivity contribution >= 4 is 49.4 Å². The zero-order chi connectivity index (χ0) is 13.1. The minimum atomic E-state index is -0.0606. The van der Waals surface area contributed by atoms with Gasteiger partial charge in [0.1, 0.15) is 0 Å². The molecular weight excluding hydrogens is 381 g/mol. The Labute approximate surface area is 129 Å². The second-order valence-corrected chi connectivity index (χ2v) is 7.07. The Balaban J connectivity index is 2.06. The third kappa shape index (κ3) is 3.72. The highest BCUT2D eigenvalue weighted by atomic mass is 79.9. The van der Waals surface area contributed by atoms with Crippen LogP contribution in [0.15, 0.2) is 22.7 Å². The predicted octanol–water partition coefficient (Wildman–Crippen LogP) is 4.54. The molecule has 0 bridgehead atoms. The van der Waals surface area contributed by atoms with Gasteiger partial charge < -0.3 is 5.32 Å². The quantitative estimate of drug-likeness (QED) is 0.732. The maximum absolute atomic E-state index is 12.2. The van der Waals surface area contributed by atoms with E-state index >= 15 is 0 Å². The Morgan fingerprint density at radius 2 is 2.00 bits per heavy atom. The maximum Gasteiger partial charge on any atom is 0.251 e. The molecule has 1 fully saturated rings. The number of hydrogen-bond donors (Lipinski definition) is 1. The summed E-state index contributed by atoms with van der Waals surface area (Å²) in [6.07, 6.45) is 4.55. The van der Waals surface area contributed by atoms with Crippen molar-refractivity contribution in [2.24, 2.45) is 0 Å². The van der Waals surface area contributed by atoms with E-state index in [0.29, 0.717) is 15.4 Å². The number of benzene rings is 1. The molecule has 2 nitrogen and oxygen atoms in total. The van der Waals surface area contributed by atoms with E-state index in [-0.39, 0.29) is 11.9 Å². The first-order chi connectivity index (χ1) is 8.56. The molecule has 2 unspecified atom stereocenters. The highest BCUT2D eigenvalue weighted by Gasteiger charge is 2.24. The summed E-state index contributed by atoms with van der Waals surface area (Å²) in [4.78, 5) is 12.5. The fraction of sp³-hybridized carbons (Fsp3) is 0.462. The molecule has 2 atom stereocenters. The molecule has 0 radical (unpaired) electrons. The van der Waals surface area contributed by atoms with Gasteiger partial charge in [-0.1, -0.05) is 56.3 Å². The Kier molecular flexibility index (Phi) is 5.10. The third-order valence-electron chi connectivity index (χ3n) is 3.12. The van der Waals surface area contributed by atoms with Crippen molar-refractivity contribution < 1.29 is 4.79 Å². The van der Waals surface area contributed by atoms with Crippen molar-refractivity contribution in [3.05, 3.63) is 33.3 Å². The normalized spacial score (nSPS) is 23.7. The van der Waals surface area contributed by atoms with Gasteiger partial charge in [-0.25, -0.2) is 0 Å². The van der Waals surface area contributed by atoms with Crippen LogP contribution < -0.4 is 5.32 Å². The molecule has 0 aromatic heterocycles. The van der Waals surface area contributed by atoms with Crippen molar-refractivity contribution in [1.29, 1.82) is 0 Å². The highest BCUT2D eigenvalue weighted by molar-refractivity contribution is 9.10. The SMILES string of the molecule is O=C(NC1CCCCC1Br)c1cc(Cl)cc(Br)c1. The zero-order valence-corrected chi connectivity index (χ0v) is 13.7. The number of carbonyl (C=O) groups is 1. The average Bonchev–Trinajstić information content (AvgIpc) is 2.31. The van der Waals surface area contributed by atoms with Gasteiger partial charge in [-0.05, 0) is 31.0 Å². The molecule has 1 saturated carbocycles. The van der Waals surface area contributed by atoms with Crippen molar-refractivity contribution in [2.75, 3.05) is 0 Å². The van der Waals surface area contributed by atoms with Gasteiger partial charge in [0.05, 0.1) is 0 Å². The number of rotatable bonds is 2. The molecule has 0 saturated heterocycles. The summed E-state index contributed by atoms with van der Waals surface area (Å²) in [6.45, 7) is 0. The van der Waals surface area contributed by atoms with Gasteiger partial charge in [0.2, 0.25) is 0 Å². The summed E-state index contributed by atoms with van der Waals surface area (Å²) in [6, 6.07) is 5.46. The average molecular weight is 396 g/mol. The van der Waals surface area contributed by atoms with Gasteiger partial charge in [-0.3, -0.25) is 4.79 Å². The molecule has 1 aromatic carbocycles. The summed E-state index contributed by atoms with van der Waals surface area (Å²) in [5, 5.41) is 3.64. The zero-order valence-electron chi connectivity index (χ0n) is 9.76. The lowest BCUT2D eigenvalue weighted by Crippen LogP contribution is -2.42. The van der Waals surface area contributed by atoms with Crippen LogP contribution in [0.5, 0.6) is 0 Å². The lowest BCUT2D eigenvalue weighted by atomic mass is 9.95. The van der Waals surface area contributed by atoms with Crippen molar-refractivity contribution in [1.82, 2.24) is 5.32 Å². The molecular formula is C13H14Br2ClNO. The molecule has 5 heteroatoms. The largest absolute Gasteiger partial charge is 0.348 e. The van der Waals surface area contributed by atoms with Crippen molar-refractivity contribution in [2.45, 2.75) is 36.6 Å². The minimum Gasteiger partial charge on any atom is -0.348 e. The Morgan fingerprint density at radius 1 is 1.28 bits per heavy atom. The van der Waals surface area contributed by atoms with Crippen LogP contribution >= 0.6 is 43.5 Å². The van der Waals surface area contributed by atoms with Gasteiger partial charge in [-0.2, -0.15) is 0 Å². The molecule has 2 rings (SSSR count). The Bertz CT molecular complexity index is 432. The standard InChI is InChI=1S/C13H14Br2ClNO/c14-9-5-8(6-10(16)7-9)13(18)17-12-4-2-1-3-11(12)15/h5-7,11-12H,1-4H2,(H,17,18). The summed E-state index contributed by atoms with van der Waals surface area (Å²) in [5.74, 6) is -0.0606. The second kappa shape index (κ2) is 6.40. The van der Waals surface area contributed by atoms with Crippen LogP contribution in [0.1, 0.15) is 36.0 Å². The van der Waals surface area contributed by atoms with E-state index < -0.39 is 0 Å². The van der Waals surface area contributed by atoms with E-state index in [9.17, 15) is 4.79 Å². The number of alkyl halides is 1. The van der Waals surface area contributed by atoms with Crippen molar-refractivity contribution in [3.63, 3.8) is 0 Å². The minimum absolute atomic E-state index is 0.0606. The van der Waals surface area contributed by atoms with Gasteiger partial charge in [0, 0.05) is 25.9 Å². The van der Waals surface area contributed by atoms with Crippen LogP contribution in [0, 0.1) is 0 Å². The van der Waals surface area contributed by atoms with E-state index in [1.165, 1.54) is 12.8 Å². The molecule has 1 aliphatic carbocycles. The summed E-state index contributed by atoms with van der Waals surface area (Å²) in [7, 11) is 0. The first-order valence-corrected chi connectivity index (χ1v) is 8.06. The first kappa shape index (κ1) is 14.4. The number of halogens is 3. The number of hydrogen-bond acceptors (Lipinski definition) is 1. The lowest BCUT2D eigenvalue weighted by molar-refractivity contribution is 0.0930. The number of amides is 1. The predicted molar refractivity (Wildman–Crippen MR) is 81.6 cm³/mol. The van der Waals surface area contributed by atoms with Gasteiger partial charge in [0.15, 0.2) is 0 Å². The van der Waals surface area contributed by atoms with Crippen LogP contribution in [0.3, 0.4) is 0 Å². The van der Waals surface area contributed by atoms with Crippen LogP contribution in [-0.4, -0.2) is 16.8 Å². The van der Waals surface area contributed by atoms with E-state index in [4.69, 9.17) is 11.6 Å². The summed E-state index contributed by atoms with van der Waals surface area (Å²) < 4.78 is 0.819. The fourth-order valence-electron chi connectivity index (χ4n) is 2.18.